The molecule has 35 heavy (non-hydrogen) atoms. The van der Waals surface area contributed by atoms with Crippen LogP contribution in [0.4, 0.5) is 14.9 Å². The fourth-order valence-electron chi connectivity index (χ4n) is 3.65. The number of hydrogen-bond acceptors (Lipinski definition) is 8. The van der Waals surface area contributed by atoms with E-state index in [0.717, 1.165) is 12.3 Å². The Bertz CT molecular complexity index is 1170. The van der Waals surface area contributed by atoms with Crippen LogP contribution in [0.5, 0.6) is 0 Å². The van der Waals surface area contributed by atoms with Crippen LogP contribution in [-0.2, 0) is 16.1 Å². The maximum Gasteiger partial charge on any atom is 0.414 e. The molecule has 0 saturated carbocycles. The molecule has 1 N–H and O–H groups in total. The fourth-order valence-corrected chi connectivity index (χ4v) is 3.65. The van der Waals surface area contributed by atoms with E-state index in [1.165, 1.54) is 11.0 Å². The van der Waals surface area contributed by atoms with Crippen LogP contribution < -0.4 is 10.2 Å². The molecular formula is C24H28FN7O3. The molecule has 1 aromatic carbocycles. The van der Waals surface area contributed by atoms with Gasteiger partial charge in [0.2, 0.25) is 0 Å². The predicted octanol–water partition coefficient (Wildman–Crippen LogP) is 3.24. The van der Waals surface area contributed by atoms with E-state index in [1.807, 2.05) is 14.0 Å². The lowest BCUT2D eigenvalue weighted by atomic mass is 10.0. The van der Waals surface area contributed by atoms with Crippen molar-refractivity contribution in [3.63, 3.8) is 0 Å². The minimum atomic E-state index is -0.517. The molecule has 5 rings (SSSR count). The van der Waals surface area contributed by atoms with Crippen LogP contribution in [-0.4, -0.2) is 64.1 Å². The smallest absolute Gasteiger partial charge is 0.414 e. The molecule has 2 aliphatic heterocycles. The van der Waals surface area contributed by atoms with Gasteiger partial charge in [-0.05, 0) is 44.8 Å². The van der Waals surface area contributed by atoms with Gasteiger partial charge >= 0.3 is 6.09 Å². The SMILES string of the molecule is CC1CC(c2ccc(-c3ccc(N4CC(Cn5ccnn5)OC4=O)cc3F)cn2)=NO1.CCNC. The van der Waals surface area contributed by atoms with E-state index in [1.54, 1.807) is 47.5 Å². The number of benzene rings is 1. The highest BCUT2D eigenvalue weighted by atomic mass is 19.1. The zero-order valence-corrected chi connectivity index (χ0v) is 19.9. The van der Waals surface area contributed by atoms with Crippen molar-refractivity contribution < 1.29 is 18.8 Å². The highest BCUT2D eigenvalue weighted by Gasteiger charge is 2.33. The number of anilines is 1. The van der Waals surface area contributed by atoms with Crippen molar-refractivity contribution in [3.8, 4) is 11.1 Å². The van der Waals surface area contributed by atoms with Crippen molar-refractivity contribution in [2.24, 2.45) is 5.16 Å². The molecule has 1 saturated heterocycles. The molecule has 0 spiro atoms. The Morgan fingerprint density at radius 3 is 2.69 bits per heavy atom. The molecule has 1 fully saturated rings. The average molecular weight is 482 g/mol. The number of cyclic esters (lactones) is 1. The Labute approximate surface area is 202 Å². The van der Waals surface area contributed by atoms with Gasteiger partial charge in [-0.15, -0.1) is 5.10 Å². The molecular weight excluding hydrogens is 453 g/mol. The number of carbonyl (C=O) groups is 1. The number of halogens is 1. The van der Waals surface area contributed by atoms with Crippen molar-refractivity contribution in [2.45, 2.75) is 39.0 Å². The van der Waals surface area contributed by atoms with Gasteiger partial charge < -0.3 is 14.9 Å². The van der Waals surface area contributed by atoms with Gasteiger partial charge in [-0.1, -0.05) is 23.4 Å². The highest BCUT2D eigenvalue weighted by Crippen LogP contribution is 2.29. The lowest BCUT2D eigenvalue weighted by Crippen LogP contribution is -2.26. The van der Waals surface area contributed by atoms with Gasteiger partial charge in [0.15, 0.2) is 0 Å². The zero-order chi connectivity index (χ0) is 24.8. The number of rotatable bonds is 6. The van der Waals surface area contributed by atoms with Gasteiger partial charge in [0, 0.05) is 29.9 Å². The first kappa shape index (κ1) is 24.3. The first-order valence-electron chi connectivity index (χ1n) is 11.4. The maximum absolute atomic E-state index is 14.9. The second-order valence-electron chi connectivity index (χ2n) is 8.20. The minimum Gasteiger partial charge on any atom is -0.442 e. The standard InChI is InChI=1S/C21H19FN6O3.C3H9N/c1-13-8-20(25-31-13)19-5-2-14(10-23-19)17-4-3-15(9-18(17)22)28-12-16(30-21(28)29)11-27-7-6-24-26-27;1-3-4-2/h2-7,9-10,13,16H,8,11-12H2,1H3;4H,3H2,1-2H3. The van der Waals surface area contributed by atoms with Gasteiger partial charge in [-0.2, -0.15) is 0 Å². The van der Waals surface area contributed by atoms with Crippen molar-refractivity contribution in [1.29, 1.82) is 0 Å². The number of carbonyl (C=O) groups excluding carboxylic acids is 1. The lowest BCUT2D eigenvalue weighted by molar-refractivity contribution is 0.0995. The summed E-state index contributed by atoms with van der Waals surface area (Å²) in [4.78, 5) is 23.3. The summed E-state index contributed by atoms with van der Waals surface area (Å²) >= 11 is 0. The van der Waals surface area contributed by atoms with Crippen LogP contribution in [0.3, 0.4) is 0 Å². The fraction of sp³-hybridized carbons (Fsp3) is 0.375. The van der Waals surface area contributed by atoms with Crippen LogP contribution in [0.1, 0.15) is 26.0 Å². The molecule has 1 amide bonds. The Balaban J connectivity index is 0.000000672. The van der Waals surface area contributed by atoms with Crippen molar-refractivity contribution in [2.75, 3.05) is 25.0 Å². The molecule has 0 aliphatic carbocycles. The Morgan fingerprint density at radius 1 is 1.26 bits per heavy atom. The molecule has 11 heteroatoms. The van der Waals surface area contributed by atoms with E-state index in [4.69, 9.17) is 9.57 Å². The number of ether oxygens (including phenoxy) is 1. The van der Waals surface area contributed by atoms with Crippen molar-refractivity contribution >= 4 is 17.5 Å². The molecule has 184 valence electrons. The summed E-state index contributed by atoms with van der Waals surface area (Å²) in [6, 6.07) is 8.26. The van der Waals surface area contributed by atoms with Crippen molar-refractivity contribution in [1.82, 2.24) is 25.3 Å². The van der Waals surface area contributed by atoms with Crippen LogP contribution in [0.25, 0.3) is 11.1 Å². The number of aromatic nitrogens is 4. The second kappa shape index (κ2) is 11.0. The zero-order valence-electron chi connectivity index (χ0n) is 19.9. The van der Waals surface area contributed by atoms with E-state index >= 15 is 0 Å². The topological polar surface area (TPSA) is 107 Å². The largest absolute Gasteiger partial charge is 0.442 e. The first-order chi connectivity index (χ1) is 17.0. The molecule has 0 radical (unpaired) electrons. The average Bonchev–Trinajstić information content (AvgIpc) is 3.62. The van der Waals surface area contributed by atoms with Crippen molar-refractivity contribution in [3.05, 3.63) is 60.4 Å². The van der Waals surface area contributed by atoms with Gasteiger partial charge in [0.25, 0.3) is 0 Å². The lowest BCUT2D eigenvalue weighted by Gasteiger charge is -2.14. The molecule has 2 atom stereocenters. The maximum atomic E-state index is 14.9. The number of nitrogens with one attached hydrogen (secondary N) is 1. The summed E-state index contributed by atoms with van der Waals surface area (Å²) in [5.41, 5.74) is 2.95. The predicted molar refractivity (Wildman–Crippen MR) is 129 cm³/mol. The van der Waals surface area contributed by atoms with E-state index in [9.17, 15) is 9.18 Å². The summed E-state index contributed by atoms with van der Waals surface area (Å²) < 4.78 is 21.9. The Morgan fingerprint density at radius 2 is 2.09 bits per heavy atom. The summed E-state index contributed by atoms with van der Waals surface area (Å²) in [6.45, 7) is 5.76. The molecule has 10 nitrogen and oxygen atoms in total. The summed E-state index contributed by atoms with van der Waals surface area (Å²) in [5, 5.41) is 14.6. The second-order valence-corrected chi connectivity index (χ2v) is 8.20. The van der Waals surface area contributed by atoms with E-state index in [0.29, 0.717) is 42.0 Å². The van der Waals surface area contributed by atoms with Crippen LogP contribution in [0.2, 0.25) is 0 Å². The molecule has 2 aromatic heterocycles. The third-order valence-electron chi connectivity index (χ3n) is 5.55. The van der Waals surface area contributed by atoms with Crippen LogP contribution in [0, 0.1) is 5.82 Å². The van der Waals surface area contributed by atoms with Gasteiger partial charge in [-0.3, -0.25) is 9.88 Å². The normalized spacial score (nSPS) is 19.0. The number of amides is 1. The Hall–Kier alpha value is -3.86. The number of hydrogen-bond donors (Lipinski definition) is 1. The number of nitrogens with zero attached hydrogens (tertiary/aromatic N) is 6. The molecule has 2 unspecified atom stereocenters. The monoisotopic (exact) mass is 481 g/mol. The molecule has 3 aromatic rings. The third kappa shape index (κ3) is 5.80. The third-order valence-corrected chi connectivity index (χ3v) is 5.55. The van der Waals surface area contributed by atoms with Gasteiger partial charge in [0.1, 0.15) is 23.7 Å². The molecule has 4 heterocycles. The quantitative estimate of drug-likeness (QED) is 0.576. The number of oxime groups is 1. The molecule has 2 aliphatic rings. The van der Waals surface area contributed by atoms with Gasteiger partial charge in [-0.25, -0.2) is 13.9 Å². The number of pyridine rings is 1. The molecule has 0 bridgehead atoms. The van der Waals surface area contributed by atoms with Crippen LogP contribution in [0.15, 0.2) is 54.1 Å². The van der Waals surface area contributed by atoms with E-state index < -0.39 is 11.9 Å². The van der Waals surface area contributed by atoms with E-state index in [2.05, 4.69) is 32.7 Å². The Kier molecular flexibility index (Phi) is 7.66. The summed E-state index contributed by atoms with van der Waals surface area (Å²) in [7, 11) is 1.93. The van der Waals surface area contributed by atoms with Crippen LogP contribution >= 0.6 is 0 Å². The minimum absolute atomic E-state index is 0.0366. The van der Waals surface area contributed by atoms with E-state index in [-0.39, 0.29) is 12.2 Å². The summed E-state index contributed by atoms with van der Waals surface area (Å²) in [6.07, 6.45) is 4.68. The first-order valence-corrected chi connectivity index (χ1v) is 11.4. The van der Waals surface area contributed by atoms with Gasteiger partial charge in [0.05, 0.1) is 30.7 Å². The highest BCUT2D eigenvalue weighted by molar-refractivity contribution is 5.99. The summed E-state index contributed by atoms with van der Waals surface area (Å²) in [5.74, 6) is -0.449.